The van der Waals surface area contributed by atoms with Crippen LogP contribution in [0.1, 0.15) is 31.2 Å². The number of rotatable bonds is 3. The summed E-state index contributed by atoms with van der Waals surface area (Å²) in [6, 6.07) is 8.46. The predicted octanol–water partition coefficient (Wildman–Crippen LogP) is 4.34. The molecule has 1 aromatic rings. The molecule has 0 aliphatic heterocycles. The van der Waals surface area contributed by atoms with Crippen molar-refractivity contribution >= 4 is 15.9 Å². The van der Waals surface area contributed by atoms with Gasteiger partial charge in [0.25, 0.3) is 0 Å². The van der Waals surface area contributed by atoms with Crippen LogP contribution in [0, 0.1) is 0 Å². The number of nitrogens with zero attached hydrogens (tertiary/aromatic N) is 1. The lowest BCUT2D eigenvalue weighted by atomic mass is 10.0. The van der Waals surface area contributed by atoms with Crippen molar-refractivity contribution in [1.82, 2.24) is 4.90 Å². The number of halogens is 1. The SMILES string of the molecule is CN(Cc1ccccc1Br)C1=CCCCC1. The van der Waals surface area contributed by atoms with E-state index in [-0.39, 0.29) is 0 Å². The average molecular weight is 280 g/mol. The smallest absolute Gasteiger partial charge is 0.0434 e. The molecule has 1 aliphatic carbocycles. The first kappa shape index (κ1) is 11.7. The highest BCUT2D eigenvalue weighted by Crippen LogP contribution is 2.23. The lowest BCUT2D eigenvalue weighted by molar-refractivity contribution is 0.379. The summed E-state index contributed by atoms with van der Waals surface area (Å²) >= 11 is 3.60. The van der Waals surface area contributed by atoms with Gasteiger partial charge in [0.05, 0.1) is 0 Å². The zero-order chi connectivity index (χ0) is 11.4. The molecule has 1 nitrogen and oxygen atoms in total. The molecule has 0 amide bonds. The van der Waals surface area contributed by atoms with Crippen molar-refractivity contribution in [2.45, 2.75) is 32.2 Å². The van der Waals surface area contributed by atoms with Gasteiger partial charge in [0.1, 0.15) is 0 Å². The van der Waals surface area contributed by atoms with Crippen LogP contribution in [0.25, 0.3) is 0 Å². The van der Waals surface area contributed by atoms with E-state index >= 15 is 0 Å². The summed E-state index contributed by atoms with van der Waals surface area (Å²) in [4.78, 5) is 2.37. The lowest BCUT2D eigenvalue weighted by Crippen LogP contribution is -2.18. The van der Waals surface area contributed by atoms with Crippen LogP contribution in [-0.2, 0) is 6.54 Å². The molecule has 0 atom stereocenters. The Morgan fingerprint density at radius 1 is 1.25 bits per heavy atom. The maximum Gasteiger partial charge on any atom is 0.0434 e. The highest BCUT2D eigenvalue weighted by Gasteiger charge is 2.09. The van der Waals surface area contributed by atoms with Gasteiger partial charge < -0.3 is 4.90 Å². The largest absolute Gasteiger partial charge is 0.374 e. The van der Waals surface area contributed by atoms with Crippen LogP contribution in [-0.4, -0.2) is 11.9 Å². The summed E-state index contributed by atoms with van der Waals surface area (Å²) in [5.41, 5.74) is 2.86. The standard InChI is InChI=1S/C14H18BrN/c1-16(13-8-3-2-4-9-13)11-12-7-5-6-10-14(12)15/h5-8,10H,2-4,9,11H2,1H3. The second kappa shape index (κ2) is 5.53. The summed E-state index contributed by atoms with van der Waals surface area (Å²) < 4.78 is 1.21. The Hall–Kier alpha value is -0.760. The van der Waals surface area contributed by atoms with Crippen LogP contribution < -0.4 is 0 Å². The van der Waals surface area contributed by atoms with Gasteiger partial charge in [-0.3, -0.25) is 0 Å². The van der Waals surface area contributed by atoms with Crippen molar-refractivity contribution in [3.05, 3.63) is 46.1 Å². The minimum absolute atomic E-state index is 0.993. The van der Waals surface area contributed by atoms with E-state index in [1.54, 1.807) is 0 Å². The topological polar surface area (TPSA) is 3.24 Å². The molecule has 0 bridgehead atoms. The molecule has 0 aromatic heterocycles. The van der Waals surface area contributed by atoms with Crippen molar-refractivity contribution in [3.8, 4) is 0 Å². The Balaban J connectivity index is 2.04. The molecule has 2 rings (SSSR count). The van der Waals surface area contributed by atoms with Gasteiger partial charge in [-0.15, -0.1) is 0 Å². The van der Waals surface area contributed by atoms with Crippen molar-refractivity contribution in [2.75, 3.05) is 7.05 Å². The second-order valence-corrected chi connectivity index (χ2v) is 5.24. The Morgan fingerprint density at radius 2 is 2.06 bits per heavy atom. The van der Waals surface area contributed by atoms with Crippen LogP contribution in [0.3, 0.4) is 0 Å². The van der Waals surface area contributed by atoms with E-state index in [2.05, 4.69) is 58.2 Å². The molecule has 0 fully saturated rings. The Kier molecular flexibility index (Phi) is 4.05. The zero-order valence-electron chi connectivity index (χ0n) is 9.75. The quantitative estimate of drug-likeness (QED) is 0.796. The van der Waals surface area contributed by atoms with Crippen LogP contribution in [0.5, 0.6) is 0 Å². The summed E-state index contributed by atoms with van der Waals surface area (Å²) in [6.45, 7) is 0.993. The van der Waals surface area contributed by atoms with Gasteiger partial charge in [0.15, 0.2) is 0 Å². The molecule has 0 unspecified atom stereocenters. The van der Waals surface area contributed by atoms with E-state index in [1.165, 1.54) is 41.4 Å². The van der Waals surface area contributed by atoms with Crippen molar-refractivity contribution in [1.29, 1.82) is 0 Å². The maximum absolute atomic E-state index is 3.60. The minimum Gasteiger partial charge on any atom is -0.374 e. The molecule has 2 heteroatoms. The summed E-state index contributed by atoms with van der Waals surface area (Å²) in [7, 11) is 2.19. The van der Waals surface area contributed by atoms with E-state index in [9.17, 15) is 0 Å². The molecule has 0 saturated heterocycles. The molecule has 86 valence electrons. The number of hydrogen-bond acceptors (Lipinski definition) is 1. The first-order valence-electron chi connectivity index (χ1n) is 5.91. The van der Waals surface area contributed by atoms with E-state index < -0.39 is 0 Å². The highest BCUT2D eigenvalue weighted by molar-refractivity contribution is 9.10. The fourth-order valence-electron chi connectivity index (χ4n) is 2.15. The number of benzene rings is 1. The summed E-state index contributed by atoms with van der Waals surface area (Å²) in [5, 5.41) is 0. The van der Waals surface area contributed by atoms with Gasteiger partial charge in [-0.2, -0.15) is 0 Å². The first-order valence-corrected chi connectivity index (χ1v) is 6.70. The van der Waals surface area contributed by atoms with Crippen molar-refractivity contribution < 1.29 is 0 Å². The lowest BCUT2D eigenvalue weighted by Gasteiger charge is -2.25. The van der Waals surface area contributed by atoms with E-state index in [0.717, 1.165) is 6.54 Å². The Morgan fingerprint density at radius 3 is 2.75 bits per heavy atom. The van der Waals surface area contributed by atoms with E-state index in [0.29, 0.717) is 0 Å². The monoisotopic (exact) mass is 279 g/mol. The van der Waals surface area contributed by atoms with E-state index in [1.807, 2.05) is 0 Å². The van der Waals surface area contributed by atoms with Gasteiger partial charge in [-0.25, -0.2) is 0 Å². The number of allylic oxidation sites excluding steroid dienone is 2. The normalized spacial score (nSPS) is 15.8. The fraction of sp³-hybridized carbons (Fsp3) is 0.429. The third-order valence-corrected chi connectivity index (χ3v) is 3.90. The molecular formula is C14H18BrN. The minimum atomic E-state index is 0.993. The van der Waals surface area contributed by atoms with Crippen molar-refractivity contribution in [2.24, 2.45) is 0 Å². The van der Waals surface area contributed by atoms with Crippen LogP contribution in [0.4, 0.5) is 0 Å². The molecule has 16 heavy (non-hydrogen) atoms. The maximum atomic E-state index is 3.60. The molecule has 0 radical (unpaired) electrons. The van der Waals surface area contributed by atoms with E-state index in [4.69, 9.17) is 0 Å². The summed E-state index contributed by atoms with van der Waals surface area (Å²) in [6.07, 6.45) is 7.56. The van der Waals surface area contributed by atoms with Gasteiger partial charge in [-0.1, -0.05) is 40.2 Å². The summed E-state index contributed by atoms with van der Waals surface area (Å²) in [5.74, 6) is 0. The van der Waals surface area contributed by atoms with Gasteiger partial charge in [0.2, 0.25) is 0 Å². The Labute approximate surface area is 106 Å². The van der Waals surface area contributed by atoms with Gasteiger partial charge in [0, 0.05) is 23.8 Å². The molecule has 1 aliphatic rings. The van der Waals surface area contributed by atoms with Gasteiger partial charge in [-0.05, 0) is 37.3 Å². The van der Waals surface area contributed by atoms with Crippen LogP contribution >= 0.6 is 15.9 Å². The third-order valence-electron chi connectivity index (χ3n) is 3.12. The highest BCUT2D eigenvalue weighted by atomic mass is 79.9. The fourth-order valence-corrected chi connectivity index (χ4v) is 2.56. The van der Waals surface area contributed by atoms with Crippen LogP contribution in [0.15, 0.2) is 40.5 Å². The average Bonchev–Trinajstić information content (AvgIpc) is 2.33. The predicted molar refractivity (Wildman–Crippen MR) is 72.2 cm³/mol. The Bertz CT molecular complexity index is 384. The molecular weight excluding hydrogens is 262 g/mol. The number of hydrogen-bond donors (Lipinski definition) is 0. The zero-order valence-corrected chi connectivity index (χ0v) is 11.3. The first-order chi connectivity index (χ1) is 7.77. The van der Waals surface area contributed by atoms with Gasteiger partial charge >= 0.3 is 0 Å². The molecule has 0 N–H and O–H groups in total. The third kappa shape index (κ3) is 2.88. The molecule has 1 aromatic carbocycles. The second-order valence-electron chi connectivity index (χ2n) is 4.39. The molecule has 0 heterocycles. The molecule has 0 spiro atoms. The molecule has 0 saturated carbocycles. The van der Waals surface area contributed by atoms with Crippen LogP contribution in [0.2, 0.25) is 0 Å². The van der Waals surface area contributed by atoms with Crippen molar-refractivity contribution in [3.63, 3.8) is 0 Å².